The number of benzene rings is 1. The van der Waals surface area contributed by atoms with E-state index in [0.29, 0.717) is 6.42 Å². The average molecular weight is 295 g/mol. The third-order valence-corrected chi connectivity index (χ3v) is 3.56. The quantitative estimate of drug-likeness (QED) is 0.943. The summed E-state index contributed by atoms with van der Waals surface area (Å²) in [6.45, 7) is 2.06. The first-order valence-electron chi connectivity index (χ1n) is 5.43. The summed E-state index contributed by atoms with van der Waals surface area (Å²) in [5, 5.41) is 7.94. The molecule has 2 aromatic rings. The van der Waals surface area contributed by atoms with Crippen LogP contribution >= 0.6 is 15.9 Å². The minimum absolute atomic E-state index is 0.0522. The molecule has 1 atom stereocenters. The summed E-state index contributed by atoms with van der Waals surface area (Å²) in [7, 11) is 1.85. The Bertz CT molecular complexity index is 521. The van der Waals surface area contributed by atoms with Crippen LogP contribution in [0.2, 0.25) is 0 Å². The molecule has 1 aromatic heterocycles. The molecule has 17 heavy (non-hydrogen) atoms. The summed E-state index contributed by atoms with van der Waals surface area (Å²) in [5.74, 6) is 0. The number of hydrogen-bond acceptors (Lipinski definition) is 3. The third kappa shape index (κ3) is 2.92. The Morgan fingerprint density at radius 2 is 2.24 bits per heavy atom. The Kier molecular flexibility index (Phi) is 3.59. The van der Waals surface area contributed by atoms with Crippen molar-refractivity contribution >= 4 is 15.9 Å². The third-order valence-electron chi connectivity index (χ3n) is 2.70. The zero-order valence-corrected chi connectivity index (χ0v) is 11.5. The van der Waals surface area contributed by atoms with Crippen molar-refractivity contribution in [2.75, 3.05) is 0 Å². The summed E-state index contributed by atoms with van der Waals surface area (Å²) in [6.07, 6.45) is 2.59. The van der Waals surface area contributed by atoms with Gasteiger partial charge in [-0.05, 0) is 24.1 Å². The van der Waals surface area contributed by atoms with Crippen LogP contribution in [0.25, 0.3) is 0 Å². The van der Waals surface area contributed by atoms with Crippen LogP contribution in [-0.4, -0.2) is 15.0 Å². The predicted molar refractivity (Wildman–Crippen MR) is 70.5 cm³/mol. The van der Waals surface area contributed by atoms with E-state index in [2.05, 4.69) is 51.4 Å². The van der Waals surface area contributed by atoms with Crippen LogP contribution in [0.1, 0.15) is 22.9 Å². The molecule has 0 bridgehead atoms. The van der Waals surface area contributed by atoms with Gasteiger partial charge in [-0.25, -0.2) is 0 Å². The van der Waals surface area contributed by atoms with E-state index in [1.54, 1.807) is 4.68 Å². The largest absolute Gasteiger partial charge is 0.324 e. The minimum Gasteiger partial charge on any atom is -0.324 e. The zero-order chi connectivity index (χ0) is 12.4. The van der Waals surface area contributed by atoms with Crippen LogP contribution in [0, 0.1) is 6.92 Å². The molecular weight excluding hydrogens is 280 g/mol. The lowest BCUT2D eigenvalue weighted by Crippen LogP contribution is -2.13. The number of nitrogens with zero attached hydrogens (tertiary/aromatic N) is 3. The van der Waals surface area contributed by atoms with Crippen molar-refractivity contribution in [1.82, 2.24) is 15.0 Å². The van der Waals surface area contributed by atoms with Gasteiger partial charge in [0.05, 0.1) is 5.69 Å². The maximum atomic E-state index is 6.16. The summed E-state index contributed by atoms with van der Waals surface area (Å²) >= 11 is 3.52. The fraction of sp³-hybridized carbons (Fsp3) is 0.333. The second kappa shape index (κ2) is 4.98. The monoisotopic (exact) mass is 294 g/mol. The molecule has 1 heterocycles. The Hall–Kier alpha value is -1.20. The molecule has 0 saturated carbocycles. The first-order chi connectivity index (χ1) is 8.06. The van der Waals surface area contributed by atoms with Crippen LogP contribution in [0.4, 0.5) is 0 Å². The molecule has 2 N–H and O–H groups in total. The molecule has 0 aliphatic carbocycles. The summed E-state index contributed by atoms with van der Waals surface area (Å²) in [5.41, 5.74) is 9.38. The highest BCUT2D eigenvalue weighted by Gasteiger charge is 2.10. The number of hydrogen-bond donors (Lipinski definition) is 1. The van der Waals surface area contributed by atoms with Crippen molar-refractivity contribution in [1.29, 1.82) is 0 Å². The highest BCUT2D eigenvalue weighted by Crippen LogP contribution is 2.22. The lowest BCUT2D eigenvalue weighted by Gasteiger charge is -2.11. The number of nitrogens with two attached hydrogens (primary N) is 1. The lowest BCUT2D eigenvalue weighted by molar-refractivity contribution is 0.693. The van der Waals surface area contributed by atoms with Gasteiger partial charge in [0.25, 0.3) is 0 Å². The molecule has 90 valence electrons. The molecule has 0 aliphatic heterocycles. The maximum absolute atomic E-state index is 6.16. The zero-order valence-electron chi connectivity index (χ0n) is 9.89. The molecule has 1 unspecified atom stereocenters. The molecule has 1 aromatic carbocycles. The van der Waals surface area contributed by atoms with Crippen molar-refractivity contribution in [3.8, 4) is 0 Å². The summed E-state index contributed by atoms with van der Waals surface area (Å²) in [4.78, 5) is 0. The number of halogens is 1. The van der Waals surface area contributed by atoms with Crippen molar-refractivity contribution < 1.29 is 0 Å². The van der Waals surface area contributed by atoms with Gasteiger partial charge in [0.15, 0.2) is 0 Å². The molecule has 0 saturated heterocycles. The van der Waals surface area contributed by atoms with E-state index in [1.165, 1.54) is 5.56 Å². The number of aromatic nitrogens is 3. The van der Waals surface area contributed by atoms with Gasteiger partial charge in [-0.2, -0.15) is 0 Å². The van der Waals surface area contributed by atoms with Crippen LogP contribution in [-0.2, 0) is 13.5 Å². The highest BCUT2D eigenvalue weighted by molar-refractivity contribution is 9.10. The van der Waals surface area contributed by atoms with Crippen molar-refractivity contribution in [2.45, 2.75) is 19.4 Å². The van der Waals surface area contributed by atoms with Gasteiger partial charge in [0.2, 0.25) is 0 Å². The molecule has 4 nitrogen and oxygen atoms in total. The van der Waals surface area contributed by atoms with E-state index in [4.69, 9.17) is 5.73 Å². The van der Waals surface area contributed by atoms with Crippen LogP contribution < -0.4 is 5.73 Å². The average Bonchev–Trinajstić information content (AvgIpc) is 2.68. The lowest BCUT2D eigenvalue weighted by atomic mass is 10.0. The number of rotatable bonds is 3. The summed E-state index contributed by atoms with van der Waals surface area (Å²) in [6, 6.07) is 6.14. The minimum atomic E-state index is -0.0522. The van der Waals surface area contributed by atoms with Crippen LogP contribution in [0.15, 0.2) is 28.9 Å². The van der Waals surface area contributed by atoms with Crippen LogP contribution in [0.5, 0.6) is 0 Å². The van der Waals surface area contributed by atoms with Gasteiger partial charge in [0.1, 0.15) is 0 Å². The van der Waals surface area contributed by atoms with Gasteiger partial charge in [0, 0.05) is 30.2 Å². The van der Waals surface area contributed by atoms with E-state index in [-0.39, 0.29) is 6.04 Å². The van der Waals surface area contributed by atoms with Crippen molar-refractivity contribution in [2.24, 2.45) is 12.8 Å². The van der Waals surface area contributed by atoms with Gasteiger partial charge >= 0.3 is 0 Å². The smallest absolute Gasteiger partial charge is 0.0845 e. The molecular formula is C12H15BrN4. The summed E-state index contributed by atoms with van der Waals surface area (Å²) < 4.78 is 2.78. The second-order valence-electron chi connectivity index (χ2n) is 4.20. The Labute approximate surface area is 109 Å². The second-order valence-corrected chi connectivity index (χ2v) is 5.06. The van der Waals surface area contributed by atoms with Gasteiger partial charge in [-0.3, -0.25) is 4.68 Å². The van der Waals surface area contributed by atoms with E-state index in [9.17, 15) is 0 Å². The van der Waals surface area contributed by atoms with E-state index >= 15 is 0 Å². The SMILES string of the molecule is Cc1ccc(C(N)Cc2cn(C)nn2)cc1Br. The molecule has 0 radical (unpaired) electrons. The molecule has 0 fully saturated rings. The molecule has 0 aliphatic rings. The van der Waals surface area contributed by atoms with Crippen LogP contribution in [0.3, 0.4) is 0 Å². The van der Waals surface area contributed by atoms with E-state index < -0.39 is 0 Å². The molecule has 5 heteroatoms. The van der Waals surface area contributed by atoms with E-state index in [0.717, 1.165) is 15.7 Å². The maximum Gasteiger partial charge on any atom is 0.0845 e. The Balaban J connectivity index is 2.14. The normalized spacial score (nSPS) is 12.7. The Morgan fingerprint density at radius 3 is 2.82 bits per heavy atom. The highest BCUT2D eigenvalue weighted by atomic mass is 79.9. The Morgan fingerprint density at radius 1 is 1.47 bits per heavy atom. The molecule has 0 spiro atoms. The van der Waals surface area contributed by atoms with Gasteiger partial charge in [-0.1, -0.05) is 33.3 Å². The van der Waals surface area contributed by atoms with Crippen molar-refractivity contribution in [3.63, 3.8) is 0 Å². The first kappa shape index (κ1) is 12.3. The van der Waals surface area contributed by atoms with Gasteiger partial charge in [-0.15, -0.1) is 5.10 Å². The van der Waals surface area contributed by atoms with Gasteiger partial charge < -0.3 is 5.73 Å². The predicted octanol–water partition coefficient (Wildman–Crippen LogP) is 2.13. The fourth-order valence-electron chi connectivity index (χ4n) is 1.67. The molecule has 2 rings (SSSR count). The number of aryl methyl sites for hydroxylation is 2. The fourth-order valence-corrected chi connectivity index (χ4v) is 2.07. The van der Waals surface area contributed by atoms with E-state index in [1.807, 2.05) is 13.2 Å². The first-order valence-corrected chi connectivity index (χ1v) is 6.22. The van der Waals surface area contributed by atoms with Crippen molar-refractivity contribution in [3.05, 3.63) is 45.7 Å². The standard InChI is InChI=1S/C12H15BrN4/c1-8-3-4-9(5-11(8)13)12(14)6-10-7-17(2)16-15-10/h3-5,7,12H,6,14H2,1-2H3. The topological polar surface area (TPSA) is 56.7 Å². The molecule has 0 amide bonds.